The molecule has 0 radical (unpaired) electrons. The Morgan fingerprint density at radius 3 is 1.94 bits per heavy atom. The van der Waals surface area contributed by atoms with Gasteiger partial charge >= 0.3 is 0 Å². The number of amides is 1. The van der Waals surface area contributed by atoms with Crippen molar-refractivity contribution < 1.29 is 14.4 Å². The van der Waals surface area contributed by atoms with Crippen LogP contribution in [0.5, 0.6) is 0 Å². The second kappa shape index (κ2) is 15.8. The SMILES string of the molecule is CC.CC.CC(=O)CCN(C)C(=O)C(C)CC=O. The van der Waals surface area contributed by atoms with Crippen molar-refractivity contribution >= 4 is 18.0 Å². The Morgan fingerprint density at radius 1 is 1.17 bits per heavy atom. The van der Waals surface area contributed by atoms with E-state index in [0.717, 1.165) is 6.29 Å². The largest absolute Gasteiger partial charge is 0.345 e. The summed E-state index contributed by atoms with van der Waals surface area (Å²) in [5, 5.41) is 0. The number of rotatable bonds is 6. The molecule has 0 aromatic rings. The molecule has 0 aliphatic heterocycles. The van der Waals surface area contributed by atoms with Crippen LogP contribution in [0.2, 0.25) is 0 Å². The predicted molar refractivity (Wildman–Crippen MR) is 75.5 cm³/mol. The van der Waals surface area contributed by atoms with Crippen molar-refractivity contribution in [2.45, 2.75) is 54.4 Å². The van der Waals surface area contributed by atoms with Gasteiger partial charge in [-0.3, -0.25) is 9.59 Å². The molecule has 0 bridgehead atoms. The van der Waals surface area contributed by atoms with E-state index in [9.17, 15) is 14.4 Å². The summed E-state index contributed by atoms with van der Waals surface area (Å²) < 4.78 is 0. The van der Waals surface area contributed by atoms with Crippen LogP contribution in [0.3, 0.4) is 0 Å². The molecule has 0 spiro atoms. The lowest BCUT2D eigenvalue weighted by atomic mass is 10.1. The maximum atomic E-state index is 11.5. The summed E-state index contributed by atoms with van der Waals surface area (Å²) in [5.41, 5.74) is 0. The van der Waals surface area contributed by atoms with Crippen LogP contribution in [0.25, 0.3) is 0 Å². The van der Waals surface area contributed by atoms with Crippen LogP contribution in [0.1, 0.15) is 54.4 Å². The number of ketones is 1. The molecule has 0 saturated carbocycles. The van der Waals surface area contributed by atoms with E-state index in [1.165, 1.54) is 11.8 Å². The molecule has 4 nitrogen and oxygen atoms in total. The first-order valence-electron chi connectivity index (χ1n) is 6.67. The van der Waals surface area contributed by atoms with Crippen molar-refractivity contribution in [3.8, 4) is 0 Å². The van der Waals surface area contributed by atoms with Gasteiger partial charge in [0.1, 0.15) is 12.1 Å². The number of aldehydes is 1. The third kappa shape index (κ3) is 12.9. The molecule has 1 unspecified atom stereocenters. The molecule has 108 valence electrons. The molecule has 0 fully saturated rings. The molecule has 1 atom stereocenters. The zero-order chi connectivity index (χ0) is 15.1. The van der Waals surface area contributed by atoms with Crippen molar-refractivity contribution in [2.75, 3.05) is 13.6 Å². The topological polar surface area (TPSA) is 54.5 Å². The fourth-order valence-electron chi connectivity index (χ4n) is 1.06. The van der Waals surface area contributed by atoms with Crippen molar-refractivity contribution in [3.63, 3.8) is 0 Å². The number of nitrogens with zero attached hydrogens (tertiary/aromatic N) is 1. The van der Waals surface area contributed by atoms with Gasteiger partial charge in [0.05, 0.1) is 0 Å². The van der Waals surface area contributed by atoms with Gasteiger partial charge in [-0.2, -0.15) is 0 Å². The summed E-state index contributed by atoms with van der Waals surface area (Å²) >= 11 is 0. The van der Waals surface area contributed by atoms with Gasteiger partial charge in [-0.1, -0.05) is 34.6 Å². The first-order valence-corrected chi connectivity index (χ1v) is 6.67. The second-order valence-electron chi connectivity index (χ2n) is 3.52. The van der Waals surface area contributed by atoms with E-state index in [-0.39, 0.29) is 24.0 Å². The number of hydrogen-bond acceptors (Lipinski definition) is 3. The zero-order valence-corrected chi connectivity index (χ0v) is 12.9. The van der Waals surface area contributed by atoms with Crippen LogP contribution < -0.4 is 0 Å². The van der Waals surface area contributed by atoms with Crippen molar-refractivity contribution in [1.29, 1.82) is 0 Å². The molecule has 0 aromatic heterocycles. The number of carbonyl (C=O) groups excluding carboxylic acids is 3. The Bertz CT molecular complexity index is 227. The Kier molecular flexibility index (Phi) is 19.4. The summed E-state index contributed by atoms with van der Waals surface area (Å²) in [6, 6.07) is 0. The summed E-state index contributed by atoms with van der Waals surface area (Å²) in [7, 11) is 1.65. The van der Waals surface area contributed by atoms with Crippen LogP contribution in [0.4, 0.5) is 0 Å². The van der Waals surface area contributed by atoms with E-state index < -0.39 is 0 Å². The number of carbonyl (C=O) groups is 3. The molecule has 0 heterocycles. The Morgan fingerprint density at radius 2 is 1.61 bits per heavy atom. The molecule has 0 N–H and O–H groups in total. The van der Waals surface area contributed by atoms with E-state index in [1.54, 1.807) is 14.0 Å². The van der Waals surface area contributed by atoms with E-state index in [0.29, 0.717) is 13.0 Å². The van der Waals surface area contributed by atoms with Gasteiger partial charge in [0.2, 0.25) is 5.91 Å². The molecule has 0 aliphatic rings. The Hall–Kier alpha value is -1.19. The lowest BCUT2D eigenvalue weighted by molar-refractivity contribution is -0.135. The summed E-state index contributed by atoms with van der Waals surface area (Å²) in [5.74, 6) is -0.310. The molecular weight excluding hydrogens is 230 g/mol. The van der Waals surface area contributed by atoms with Crippen LogP contribution in [-0.4, -0.2) is 36.5 Å². The first kappa shape index (κ1) is 22.0. The standard InChI is InChI=1S/C10H17NO3.2C2H6/c1-8(5-7-12)10(14)11(3)6-4-9(2)13;2*1-2/h7-8H,4-6H2,1-3H3;2*1-2H3. The van der Waals surface area contributed by atoms with Crippen LogP contribution in [0, 0.1) is 5.92 Å². The summed E-state index contributed by atoms with van der Waals surface area (Å²) in [6.45, 7) is 11.6. The van der Waals surface area contributed by atoms with E-state index in [2.05, 4.69) is 0 Å². The lowest BCUT2D eigenvalue weighted by Gasteiger charge is -2.19. The first-order chi connectivity index (χ1) is 8.49. The van der Waals surface area contributed by atoms with Gasteiger partial charge in [-0.25, -0.2) is 0 Å². The number of hydrogen-bond donors (Lipinski definition) is 0. The van der Waals surface area contributed by atoms with Crippen molar-refractivity contribution in [2.24, 2.45) is 5.92 Å². The van der Waals surface area contributed by atoms with Gasteiger partial charge in [0.25, 0.3) is 0 Å². The van der Waals surface area contributed by atoms with Gasteiger partial charge in [-0.05, 0) is 6.92 Å². The van der Waals surface area contributed by atoms with Gasteiger partial charge < -0.3 is 9.69 Å². The highest BCUT2D eigenvalue weighted by molar-refractivity contribution is 5.81. The summed E-state index contributed by atoms with van der Waals surface area (Å²) in [4.78, 5) is 33.9. The molecule has 0 saturated heterocycles. The normalized spacial score (nSPS) is 9.94. The molecule has 0 aliphatic carbocycles. The Labute approximate surface area is 112 Å². The molecule has 18 heavy (non-hydrogen) atoms. The molecule has 1 amide bonds. The average Bonchev–Trinajstić information content (AvgIpc) is 2.40. The maximum Gasteiger partial charge on any atom is 0.225 e. The van der Waals surface area contributed by atoms with Gasteiger partial charge in [0, 0.05) is 32.4 Å². The van der Waals surface area contributed by atoms with E-state index in [4.69, 9.17) is 0 Å². The quantitative estimate of drug-likeness (QED) is 0.689. The number of Topliss-reactive ketones (excluding diaryl/α,β-unsaturated/α-hetero) is 1. The molecule has 0 rings (SSSR count). The summed E-state index contributed by atoms with van der Waals surface area (Å²) in [6.07, 6.45) is 1.35. The van der Waals surface area contributed by atoms with Crippen molar-refractivity contribution in [1.82, 2.24) is 4.90 Å². The minimum atomic E-state index is -0.288. The predicted octanol–water partition coefficient (Wildman–Crippen LogP) is 2.70. The highest BCUT2D eigenvalue weighted by atomic mass is 16.2. The highest BCUT2D eigenvalue weighted by Gasteiger charge is 2.16. The average molecular weight is 259 g/mol. The van der Waals surface area contributed by atoms with E-state index >= 15 is 0 Å². The Balaban J connectivity index is -0.000000506. The van der Waals surface area contributed by atoms with Crippen LogP contribution in [-0.2, 0) is 14.4 Å². The zero-order valence-electron chi connectivity index (χ0n) is 12.9. The fourth-order valence-corrected chi connectivity index (χ4v) is 1.06. The fraction of sp³-hybridized carbons (Fsp3) is 0.786. The highest BCUT2D eigenvalue weighted by Crippen LogP contribution is 2.04. The van der Waals surface area contributed by atoms with Gasteiger partial charge in [-0.15, -0.1) is 0 Å². The minimum absolute atomic E-state index is 0.0627. The third-order valence-corrected chi connectivity index (χ3v) is 2.05. The van der Waals surface area contributed by atoms with Crippen molar-refractivity contribution in [3.05, 3.63) is 0 Å². The minimum Gasteiger partial charge on any atom is -0.345 e. The third-order valence-electron chi connectivity index (χ3n) is 2.05. The second-order valence-corrected chi connectivity index (χ2v) is 3.52. The molecule has 4 heteroatoms. The monoisotopic (exact) mass is 259 g/mol. The smallest absolute Gasteiger partial charge is 0.225 e. The maximum absolute atomic E-state index is 11.5. The molecular formula is C14H29NO3. The van der Waals surface area contributed by atoms with E-state index in [1.807, 2.05) is 27.7 Å². The van der Waals surface area contributed by atoms with Crippen LogP contribution >= 0.6 is 0 Å². The molecule has 0 aromatic carbocycles. The lowest BCUT2D eigenvalue weighted by Crippen LogP contribution is -2.33. The van der Waals surface area contributed by atoms with Gasteiger partial charge in [0.15, 0.2) is 0 Å². The van der Waals surface area contributed by atoms with Crippen LogP contribution in [0.15, 0.2) is 0 Å².